The van der Waals surface area contributed by atoms with Gasteiger partial charge in [0.15, 0.2) is 10.1 Å². The smallest absolute Gasteiger partial charge is 0.293 e. The third-order valence-electron chi connectivity index (χ3n) is 2.61. The molecule has 8 heteroatoms. The van der Waals surface area contributed by atoms with Crippen molar-refractivity contribution in [1.29, 1.82) is 0 Å². The standard InChI is InChI=1S/C13H11N3O2S3/c1-8-4-5-18-10(8)11(17)14-12-15-16-13(21-12)20-7-9-3-2-6-19-9/h2-6H,7H2,1H3,(H,14,15,17). The van der Waals surface area contributed by atoms with E-state index in [0.717, 1.165) is 15.7 Å². The third kappa shape index (κ3) is 3.52. The number of nitrogens with zero attached hydrogens (tertiary/aromatic N) is 2. The molecule has 3 aromatic rings. The van der Waals surface area contributed by atoms with Crippen molar-refractivity contribution in [2.45, 2.75) is 17.0 Å². The van der Waals surface area contributed by atoms with E-state index in [-0.39, 0.29) is 5.91 Å². The average molecular weight is 337 g/mol. The van der Waals surface area contributed by atoms with E-state index in [9.17, 15) is 4.79 Å². The molecule has 0 aliphatic carbocycles. The van der Waals surface area contributed by atoms with Gasteiger partial charge in [-0.1, -0.05) is 29.2 Å². The lowest BCUT2D eigenvalue weighted by Gasteiger charge is -1.98. The normalized spacial score (nSPS) is 10.7. The minimum atomic E-state index is -0.302. The Labute approximate surface area is 133 Å². The number of furan rings is 1. The van der Waals surface area contributed by atoms with Crippen molar-refractivity contribution in [1.82, 2.24) is 10.2 Å². The molecule has 0 radical (unpaired) electrons. The monoisotopic (exact) mass is 337 g/mol. The van der Waals surface area contributed by atoms with Gasteiger partial charge in [0, 0.05) is 16.2 Å². The van der Waals surface area contributed by atoms with Crippen molar-refractivity contribution in [2.75, 3.05) is 5.32 Å². The van der Waals surface area contributed by atoms with Gasteiger partial charge in [-0.3, -0.25) is 10.1 Å². The van der Waals surface area contributed by atoms with E-state index in [0.29, 0.717) is 10.9 Å². The van der Waals surface area contributed by atoms with E-state index < -0.39 is 0 Å². The first-order chi connectivity index (χ1) is 10.2. The molecule has 0 atom stereocenters. The van der Waals surface area contributed by atoms with Gasteiger partial charge in [-0.25, -0.2) is 0 Å². The zero-order valence-electron chi connectivity index (χ0n) is 11.0. The van der Waals surface area contributed by atoms with Gasteiger partial charge >= 0.3 is 0 Å². The van der Waals surface area contributed by atoms with Crippen LogP contribution < -0.4 is 5.32 Å². The molecule has 0 aliphatic rings. The van der Waals surface area contributed by atoms with Crippen LogP contribution in [-0.4, -0.2) is 16.1 Å². The quantitative estimate of drug-likeness (QED) is 0.562. The molecule has 3 rings (SSSR count). The van der Waals surface area contributed by atoms with E-state index in [2.05, 4.69) is 21.6 Å². The largest absolute Gasteiger partial charge is 0.459 e. The van der Waals surface area contributed by atoms with Gasteiger partial charge in [0.2, 0.25) is 5.13 Å². The van der Waals surface area contributed by atoms with E-state index in [1.807, 2.05) is 18.4 Å². The summed E-state index contributed by atoms with van der Waals surface area (Å²) in [6.45, 7) is 1.82. The summed E-state index contributed by atoms with van der Waals surface area (Å²) in [7, 11) is 0. The highest BCUT2D eigenvalue weighted by Crippen LogP contribution is 2.29. The van der Waals surface area contributed by atoms with Crippen LogP contribution in [0.1, 0.15) is 21.0 Å². The molecule has 0 fully saturated rings. The second-order valence-electron chi connectivity index (χ2n) is 4.13. The summed E-state index contributed by atoms with van der Waals surface area (Å²) in [5, 5.41) is 13.3. The summed E-state index contributed by atoms with van der Waals surface area (Å²) < 4.78 is 5.97. The number of aryl methyl sites for hydroxylation is 1. The molecule has 21 heavy (non-hydrogen) atoms. The fourth-order valence-corrected chi connectivity index (χ4v) is 4.13. The maximum atomic E-state index is 12.0. The van der Waals surface area contributed by atoms with E-state index in [4.69, 9.17) is 4.42 Å². The number of thioether (sulfide) groups is 1. The molecule has 0 saturated carbocycles. The van der Waals surface area contributed by atoms with Crippen molar-refractivity contribution in [3.8, 4) is 0 Å². The van der Waals surface area contributed by atoms with Crippen molar-refractivity contribution < 1.29 is 9.21 Å². The summed E-state index contributed by atoms with van der Waals surface area (Å²) in [6.07, 6.45) is 1.49. The minimum Gasteiger partial charge on any atom is -0.459 e. The molecule has 5 nitrogen and oxygen atoms in total. The van der Waals surface area contributed by atoms with Gasteiger partial charge < -0.3 is 4.42 Å². The second-order valence-corrected chi connectivity index (χ2v) is 7.36. The topological polar surface area (TPSA) is 68.0 Å². The lowest BCUT2D eigenvalue weighted by molar-refractivity contribution is 0.0996. The Bertz CT molecular complexity index is 734. The fourth-order valence-electron chi connectivity index (χ4n) is 1.61. The molecule has 1 N–H and O–H groups in total. The highest BCUT2D eigenvalue weighted by molar-refractivity contribution is 8.00. The van der Waals surface area contributed by atoms with Gasteiger partial charge in [-0.15, -0.1) is 21.5 Å². The van der Waals surface area contributed by atoms with Crippen LogP contribution in [0.4, 0.5) is 5.13 Å². The Kier molecular flexibility index (Phi) is 4.37. The maximum absolute atomic E-state index is 12.0. The van der Waals surface area contributed by atoms with Gasteiger partial charge in [0.05, 0.1) is 6.26 Å². The number of carbonyl (C=O) groups is 1. The first-order valence-corrected chi connectivity index (χ1v) is 8.74. The van der Waals surface area contributed by atoms with Gasteiger partial charge in [-0.05, 0) is 24.4 Å². The van der Waals surface area contributed by atoms with E-state index >= 15 is 0 Å². The summed E-state index contributed by atoms with van der Waals surface area (Å²) in [6, 6.07) is 5.86. The SMILES string of the molecule is Cc1ccoc1C(=O)Nc1nnc(SCc2cccs2)s1. The lowest BCUT2D eigenvalue weighted by Crippen LogP contribution is -2.11. The van der Waals surface area contributed by atoms with Gasteiger partial charge in [0.1, 0.15) is 0 Å². The van der Waals surface area contributed by atoms with Gasteiger partial charge in [-0.2, -0.15) is 0 Å². The van der Waals surface area contributed by atoms with E-state index in [1.54, 1.807) is 29.2 Å². The molecule has 3 heterocycles. The van der Waals surface area contributed by atoms with Crippen molar-refractivity contribution >= 4 is 45.5 Å². The molecule has 0 spiro atoms. The van der Waals surface area contributed by atoms with Crippen LogP contribution in [0.15, 0.2) is 38.6 Å². The molecule has 1 amide bonds. The third-order valence-corrected chi connectivity index (χ3v) is 5.69. The Balaban J connectivity index is 1.60. The number of amides is 1. The number of aromatic nitrogens is 2. The number of hydrogen-bond donors (Lipinski definition) is 1. The zero-order valence-corrected chi connectivity index (χ0v) is 13.5. The summed E-state index contributed by atoms with van der Waals surface area (Å²) in [5.74, 6) is 0.860. The average Bonchev–Trinajstić information content (AvgIpc) is 3.17. The molecule has 0 bridgehead atoms. The number of hydrogen-bond acceptors (Lipinski definition) is 7. The van der Waals surface area contributed by atoms with E-state index in [1.165, 1.54) is 22.5 Å². The summed E-state index contributed by atoms with van der Waals surface area (Å²) in [5.41, 5.74) is 0.796. The Morgan fingerprint density at radius 1 is 1.43 bits per heavy atom. The number of rotatable bonds is 5. The van der Waals surface area contributed by atoms with Crippen LogP contribution in [0.25, 0.3) is 0 Å². The van der Waals surface area contributed by atoms with Crippen LogP contribution >= 0.6 is 34.4 Å². The minimum absolute atomic E-state index is 0.302. The van der Waals surface area contributed by atoms with Crippen LogP contribution in [0.5, 0.6) is 0 Å². The van der Waals surface area contributed by atoms with Crippen molar-refractivity contribution in [3.05, 3.63) is 46.0 Å². The summed E-state index contributed by atoms with van der Waals surface area (Å²) >= 11 is 4.68. The molecule has 0 aliphatic heterocycles. The Morgan fingerprint density at radius 3 is 3.05 bits per heavy atom. The first-order valence-electron chi connectivity index (χ1n) is 6.06. The number of anilines is 1. The molecule has 0 saturated heterocycles. The number of carbonyl (C=O) groups excluding carboxylic acids is 1. The number of thiophene rings is 1. The Hall–Kier alpha value is -1.64. The van der Waals surface area contributed by atoms with Crippen molar-refractivity contribution in [2.24, 2.45) is 0 Å². The Morgan fingerprint density at radius 2 is 2.33 bits per heavy atom. The lowest BCUT2D eigenvalue weighted by atomic mass is 10.3. The van der Waals surface area contributed by atoms with Gasteiger partial charge in [0.25, 0.3) is 5.91 Å². The van der Waals surface area contributed by atoms with Crippen molar-refractivity contribution in [3.63, 3.8) is 0 Å². The highest BCUT2D eigenvalue weighted by Gasteiger charge is 2.15. The molecule has 0 unspecified atom stereocenters. The molecule has 108 valence electrons. The van der Waals surface area contributed by atoms with Crippen LogP contribution in [0.3, 0.4) is 0 Å². The molecule has 0 aromatic carbocycles. The fraction of sp³-hybridized carbons (Fsp3) is 0.154. The zero-order chi connectivity index (χ0) is 14.7. The molecular weight excluding hydrogens is 326 g/mol. The molecule has 3 aromatic heterocycles. The predicted octanol–water partition coefficient (Wildman–Crippen LogP) is 4.05. The highest BCUT2D eigenvalue weighted by atomic mass is 32.2. The van der Waals surface area contributed by atoms with Crippen LogP contribution in [-0.2, 0) is 5.75 Å². The first kappa shape index (κ1) is 14.3. The summed E-state index contributed by atoms with van der Waals surface area (Å²) in [4.78, 5) is 13.3. The van der Waals surface area contributed by atoms with Crippen LogP contribution in [0.2, 0.25) is 0 Å². The molecular formula is C13H11N3O2S3. The number of nitrogens with one attached hydrogen (secondary N) is 1. The second kappa shape index (κ2) is 6.42. The predicted molar refractivity (Wildman–Crippen MR) is 85.2 cm³/mol. The van der Waals surface area contributed by atoms with Crippen LogP contribution in [0, 0.1) is 6.92 Å². The maximum Gasteiger partial charge on any atom is 0.293 e.